The van der Waals surface area contributed by atoms with Crippen molar-refractivity contribution in [1.82, 2.24) is 14.9 Å². The lowest BCUT2D eigenvalue weighted by Crippen LogP contribution is -2.45. The van der Waals surface area contributed by atoms with Gasteiger partial charge >= 0.3 is 5.97 Å². The molecule has 2 aliphatic rings. The van der Waals surface area contributed by atoms with Crippen LogP contribution in [-0.2, 0) is 21.7 Å². The summed E-state index contributed by atoms with van der Waals surface area (Å²) in [6.45, 7) is 1.68. The van der Waals surface area contributed by atoms with E-state index in [1.807, 2.05) is 30.3 Å². The first-order valence-corrected chi connectivity index (χ1v) is 9.92. The maximum absolute atomic E-state index is 13.5. The number of ether oxygens (including phenoxy) is 1. The van der Waals surface area contributed by atoms with E-state index in [0.29, 0.717) is 11.4 Å². The summed E-state index contributed by atoms with van der Waals surface area (Å²) < 4.78 is 6.70. The second-order valence-corrected chi connectivity index (χ2v) is 7.59. The summed E-state index contributed by atoms with van der Waals surface area (Å²) >= 11 is 0. The first-order chi connectivity index (χ1) is 14.5. The van der Waals surface area contributed by atoms with Gasteiger partial charge in [-0.15, -0.1) is 0 Å². The minimum atomic E-state index is -1.87. The van der Waals surface area contributed by atoms with Crippen LogP contribution in [0.2, 0.25) is 0 Å². The van der Waals surface area contributed by atoms with Gasteiger partial charge in [-0.1, -0.05) is 25.1 Å². The van der Waals surface area contributed by atoms with Crippen LogP contribution in [0.1, 0.15) is 36.2 Å². The molecule has 0 saturated heterocycles. The van der Waals surface area contributed by atoms with Crippen molar-refractivity contribution in [3.05, 3.63) is 63.4 Å². The van der Waals surface area contributed by atoms with Crippen molar-refractivity contribution in [2.75, 3.05) is 13.2 Å². The van der Waals surface area contributed by atoms with Crippen LogP contribution in [-0.4, -0.2) is 38.9 Å². The van der Waals surface area contributed by atoms with E-state index in [4.69, 9.17) is 9.72 Å². The molecule has 154 valence electrons. The molecule has 8 nitrogen and oxygen atoms in total. The number of cyclic esters (lactones) is 1. The highest BCUT2D eigenvalue weighted by Crippen LogP contribution is 2.41. The molecule has 5 rings (SSSR count). The number of hydrogen-bond donors (Lipinski definition) is 3. The first-order valence-electron chi connectivity index (χ1n) is 9.92. The molecular formula is C22H21N3O5. The van der Waals surface area contributed by atoms with E-state index in [2.05, 4.69) is 5.32 Å². The predicted molar refractivity (Wildman–Crippen MR) is 109 cm³/mol. The van der Waals surface area contributed by atoms with Gasteiger partial charge in [-0.25, -0.2) is 9.78 Å². The second kappa shape index (κ2) is 6.73. The molecule has 1 aromatic carbocycles. The lowest BCUT2D eigenvalue weighted by molar-refractivity contribution is -0.172. The van der Waals surface area contributed by atoms with Gasteiger partial charge in [0.25, 0.3) is 5.56 Å². The van der Waals surface area contributed by atoms with E-state index in [1.165, 1.54) is 0 Å². The summed E-state index contributed by atoms with van der Waals surface area (Å²) in [5.41, 5.74) is 1.04. The molecule has 1 unspecified atom stereocenters. The largest absolute Gasteiger partial charge is 0.458 e. The Morgan fingerprint density at radius 3 is 2.87 bits per heavy atom. The molecule has 0 bridgehead atoms. The summed E-state index contributed by atoms with van der Waals surface area (Å²) in [5.74, 6) is -0.749. The number of fused-ring (bicyclic) bond motifs is 5. The molecule has 30 heavy (non-hydrogen) atoms. The van der Waals surface area contributed by atoms with E-state index in [1.54, 1.807) is 17.6 Å². The molecule has 4 heterocycles. The van der Waals surface area contributed by atoms with Crippen molar-refractivity contribution in [3.63, 3.8) is 0 Å². The van der Waals surface area contributed by atoms with Crippen LogP contribution in [0.25, 0.3) is 22.3 Å². The van der Waals surface area contributed by atoms with Crippen molar-refractivity contribution in [2.45, 2.75) is 31.7 Å². The SMILES string of the molecule is CC[C@@]1(O)C(=O)OCc2c1cc1n(c2=O)C(NCCO)c2cc3ccccc3nc2-1. The van der Waals surface area contributed by atoms with Crippen LogP contribution in [0.4, 0.5) is 0 Å². The molecule has 3 N–H and O–H groups in total. The van der Waals surface area contributed by atoms with E-state index in [-0.39, 0.29) is 42.9 Å². The van der Waals surface area contributed by atoms with E-state index in [0.717, 1.165) is 16.5 Å². The van der Waals surface area contributed by atoms with Crippen LogP contribution < -0.4 is 10.9 Å². The zero-order valence-electron chi connectivity index (χ0n) is 16.4. The van der Waals surface area contributed by atoms with Crippen LogP contribution in [0.15, 0.2) is 41.2 Å². The van der Waals surface area contributed by atoms with E-state index in [9.17, 15) is 19.8 Å². The van der Waals surface area contributed by atoms with Gasteiger partial charge in [0.2, 0.25) is 0 Å². The molecule has 8 heteroatoms. The number of benzene rings is 1. The fourth-order valence-corrected chi connectivity index (χ4v) is 4.40. The minimum Gasteiger partial charge on any atom is -0.458 e. The van der Waals surface area contributed by atoms with Crippen LogP contribution >= 0.6 is 0 Å². The van der Waals surface area contributed by atoms with Gasteiger partial charge in [-0.05, 0) is 24.6 Å². The van der Waals surface area contributed by atoms with Crippen LogP contribution in [0.5, 0.6) is 0 Å². The zero-order chi connectivity index (χ0) is 21.0. The number of aliphatic hydroxyl groups excluding tert-OH is 1. The standard InChI is InChI=1S/C22H21N3O5/c1-2-22(29)15-10-17-18-13(9-12-5-3-4-6-16(12)24-18)19(23-7-8-26)25(17)20(27)14(15)11-30-21(22)28/h3-6,9-10,19,23,26,29H,2,7-8,11H2,1H3/t19?,22-/m0/s1. The van der Waals surface area contributed by atoms with Crippen molar-refractivity contribution in [1.29, 1.82) is 0 Å². The van der Waals surface area contributed by atoms with Gasteiger partial charge in [0, 0.05) is 23.1 Å². The molecule has 0 saturated carbocycles. The number of rotatable bonds is 4. The normalized spacial score (nSPS) is 21.8. The number of carbonyl (C=O) groups excluding carboxylic acids is 1. The van der Waals surface area contributed by atoms with Gasteiger partial charge in [-0.3, -0.25) is 14.7 Å². The monoisotopic (exact) mass is 407 g/mol. The van der Waals surface area contributed by atoms with Crippen molar-refractivity contribution < 1.29 is 19.7 Å². The Hall–Kier alpha value is -3.07. The van der Waals surface area contributed by atoms with Crippen LogP contribution in [0.3, 0.4) is 0 Å². The Kier molecular flexibility index (Phi) is 4.25. The second-order valence-electron chi connectivity index (χ2n) is 7.59. The quantitative estimate of drug-likeness (QED) is 0.556. The van der Waals surface area contributed by atoms with Gasteiger partial charge in [-0.2, -0.15) is 0 Å². The summed E-state index contributed by atoms with van der Waals surface area (Å²) in [5, 5.41) is 24.5. The molecule has 0 fully saturated rings. The van der Waals surface area contributed by atoms with Gasteiger partial charge in [0.15, 0.2) is 5.60 Å². The third-order valence-electron chi connectivity index (χ3n) is 5.98. The summed E-state index contributed by atoms with van der Waals surface area (Å²) in [6.07, 6.45) is -0.434. The Morgan fingerprint density at radius 2 is 2.10 bits per heavy atom. The van der Waals surface area contributed by atoms with E-state index < -0.39 is 17.7 Å². The summed E-state index contributed by atoms with van der Waals surface area (Å²) in [4.78, 5) is 30.6. The highest BCUT2D eigenvalue weighted by Gasteiger charge is 2.46. The number of hydrogen-bond acceptors (Lipinski definition) is 7. The molecule has 0 amide bonds. The number of nitrogens with zero attached hydrogens (tertiary/aromatic N) is 2. The molecule has 3 aromatic rings. The summed E-state index contributed by atoms with van der Waals surface area (Å²) in [6, 6.07) is 11.3. The Morgan fingerprint density at radius 1 is 1.30 bits per heavy atom. The number of para-hydroxylation sites is 1. The molecule has 0 aliphatic carbocycles. The number of nitrogens with one attached hydrogen (secondary N) is 1. The average Bonchev–Trinajstić information content (AvgIpc) is 3.06. The maximum Gasteiger partial charge on any atom is 0.343 e. The Labute approximate surface area is 171 Å². The molecule has 2 aromatic heterocycles. The topological polar surface area (TPSA) is 114 Å². The number of pyridine rings is 2. The predicted octanol–water partition coefficient (Wildman–Crippen LogP) is 1.16. The van der Waals surface area contributed by atoms with Crippen molar-refractivity contribution >= 4 is 16.9 Å². The number of aromatic nitrogens is 2. The number of esters is 1. The molecule has 2 aliphatic heterocycles. The van der Waals surface area contributed by atoms with Gasteiger partial charge in [0.1, 0.15) is 12.8 Å². The van der Waals surface area contributed by atoms with Gasteiger partial charge in [0.05, 0.1) is 29.1 Å². The fourth-order valence-electron chi connectivity index (χ4n) is 4.40. The maximum atomic E-state index is 13.5. The minimum absolute atomic E-state index is 0.0882. The van der Waals surface area contributed by atoms with Crippen molar-refractivity contribution in [3.8, 4) is 11.4 Å². The van der Waals surface area contributed by atoms with Crippen molar-refractivity contribution in [2.24, 2.45) is 0 Å². The fraction of sp³-hybridized carbons (Fsp3) is 0.318. The highest BCUT2D eigenvalue weighted by molar-refractivity contribution is 5.86. The number of carbonyl (C=O) groups is 1. The highest BCUT2D eigenvalue weighted by atomic mass is 16.6. The lowest BCUT2D eigenvalue weighted by Gasteiger charge is -2.32. The molecule has 0 radical (unpaired) electrons. The molecule has 2 atom stereocenters. The Bertz CT molecular complexity index is 1250. The summed E-state index contributed by atoms with van der Waals surface area (Å²) in [7, 11) is 0. The van der Waals surface area contributed by atoms with Crippen LogP contribution in [0, 0.1) is 0 Å². The lowest BCUT2D eigenvalue weighted by atomic mass is 9.86. The third kappa shape index (κ3) is 2.48. The smallest absolute Gasteiger partial charge is 0.343 e. The molecule has 0 spiro atoms. The average molecular weight is 407 g/mol. The number of aliphatic hydroxyl groups is 2. The zero-order valence-corrected chi connectivity index (χ0v) is 16.4. The Balaban J connectivity index is 1.82. The molecular weight excluding hydrogens is 386 g/mol. The first kappa shape index (κ1) is 18.9. The van der Waals surface area contributed by atoms with E-state index >= 15 is 0 Å². The van der Waals surface area contributed by atoms with Gasteiger partial charge < -0.3 is 14.9 Å². The third-order valence-corrected chi connectivity index (χ3v) is 5.98.